The normalized spacial score (nSPS) is 23.4. The van der Waals surface area contributed by atoms with Gasteiger partial charge in [-0.25, -0.2) is 9.38 Å². The molecule has 4 rings (SSSR count). The molecule has 2 aromatic carbocycles. The van der Waals surface area contributed by atoms with Crippen molar-refractivity contribution in [3.8, 4) is 0 Å². The van der Waals surface area contributed by atoms with Gasteiger partial charge in [0.15, 0.2) is 17.7 Å². The van der Waals surface area contributed by atoms with Crippen molar-refractivity contribution in [2.24, 2.45) is 16.8 Å². The fourth-order valence-electron chi connectivity index (χ4n) is 5.20. The molecule has 0 saturated carbocycles. The monoisotopic (exact) mass is 610 g/mol. The molecule has 0 bridgehead atoms. The lowest BCUT2D eigenvalue weighted by Crippen LogP contribution is -2.55. The predicted octanol–water partition coefficient (Wildman–Crippen LogP) is 4.58. The van der Waals surface area contributed by atoms with Crippen molar-refractivity contribution in [1.82, 2.24) is 5.32 Å². The van der Waals surface area contributed by atoms with Gasteiger partial charge in [0.25, 0.3) is 5.91 Å². The molecular weight excluding hydrogens is 579 g/mol. The second-order valence-electron chi connectivity index (χ2n) is 9.14. The molecule has 8 nitrogen and oxygen atoms in total. The van der Waals surface area contributed by atoms with E-state index in [4.69, 9.17) is 28.7 Å². The van der Waals surface area contributed by atoms with E-state index in [0.29, 0.717) is 28.5 Å². The summed E-state index contributed by atoms with van der Waals surface area (Å²) in [6, 6.07) is 13.7. The third-order valence-corrected chi connectivity index (χ3v) is 8.60. The molecule has 2 aliphatic rings. The largest absolute Gasteiger partial charge is 0.375 e. The third kappa shape index (κ3) is 5.99. The fourth-order valence-corrected chi connectivity index (χ4v) is 6.72. The Labute approximate surface area is 234 Å². The lowest BCUT2D eigenvalue weighted by atomic mass is 9.73. The number of fused-ring (bicyclic) bond motifs is 1. The van der Waals surface area contributed by atoms with Crippen LogP contribution in [0, 0.1) is 17.7 Å². The first-order valence-corrected chi connectivity index (χ1v) is 13.9. The number of nitrogens with zero attached hydrogens (tertiary/aromatic N) is 1. The van der Waals surface area contributed by atoms with Gasteiger partial charge >= 0.3 is 0 Å². The fraction of sp³-hybridized carbons (Fsp3) is 0.481. The van der Waals surface area contributed by atoms with Gasteiger partial charge in [-0.05, 0) is 36.8 Å². The van der Waals surface area contributed by atoms with E-state index in [2.05, 4.69) is 21.2 Å². The summed E-state index contributed by atoms with van der Waals surface area (Å²) in [4.78, 5) is 17.9. The Balaban J connectivity index is 1.70. The van der Waals surface area contributed by atoms with E-state index < -0.39 is 24.0 Å². The molecule has 1 amide bonds. The molecule has 11 heteroatoms. The number of hydrogen-bond donors (Lipinski definition) is 1. The summed E-state index contributed by atoms with van der Waals surface area (Å²) in [6.07, 6.45) is -1.17. The predicted molar refractivity (Wildman–Crippen MR) is 147 cm³/mol. The Bertz CT molecular complexity index is 1120. The standard InChI is InChI=1S/C27H32BrFN2O6S/c1-33-24(34-2)22(25(35-3)36-4)21-12-17-14-38-26(30-23(32)16-8-6-5-7-9-16)31-27(17,15-37-21)19-13-18(28)10-11-20(19)29/h5-11,13,17,21-22,24-25H,12,14-15H2,1-4H3,(H,30,31,32). The maximum Gasteiger partial charge on any atom is 0.257 e. The molecule has 2 aromatic rings. The number of hydrogen-bond acceptors (Lipinski definition) is 8. The zero-order chi connectivity index (χ0) is 27.3. The smallest absolute Gasteiger partial charge is 0.257 e. The molecule has 1 fully saturated rings. The minimum atomic E-state index is -1.05. The third-order valence-electron chi connectivity index (χ3n) is 7.07. The molecule has 2 heterocycles. The topological polar surface area (TPSA) is 87.6 Å². The van der Waals surface area contributed by atoms with Crippen molar-refractivity contribution in [2.45, 2.75) is 30.6 Å². The Morgan fingerprint density at radius 3 is 2.39 bits per heavy atom. The molecular formula is C27H32BrFN2O6S. The highest BCUT2D eigenvalue weighted by Crippen LogP contribution is 2.49. The number of ether oxygens (including phenoxy) is 5. The van der Waals surface area contributed by atoms with Gasteiger partial charge in [0.1, 0.15) is 11.4 Å². The summed E-state index contributed by atoms with van der Waals surface area (Å²) in [6.45, 7) is 0.0811. The van der Waals surface area contributed by atoms with Gasteiger partial charge in [-0.1, -0.05) is 45.9 Å². The van der Waals surface area contributed by atoms with Gasteiger partial charge in [0.05, 0.1) is 18.6 Å². The first kappa shape index (κ1) is 29.1. The maximum absolute atomic E-state index is 15.4. The van der Waals surface area contributed by atoms with Crippen LogP contribution in [-0.2, 0) is 29.2 Å². The Hall–Kier alpha value is -1.86. The average Bonchev–Trinajstić information content (AvgIpc) is 2.94. The number of carbonyl (C=O) groups excluding carboxylic acids is 1. The van der Waals surface area contributed by atoms with Crippen LogP contribution in [0.3, 0.4) is 0 Å². The number of carbonyl (C=O) groups is 1. The highest BCUT2D eigenvalue weighted by atomic mass is 79.9. The van der Waals surface area contributed by atoms with Gasteiger partial charge in [-0.15, -0.1) is 0 Å². The maximum atomic E-state index is 15.4. The summed E-state index contributed by atoms with van der Waals surface area (Å²) in [5.41, 5.74) is -0.132. The van der Waals surface area contributed by atoms with Crippen LogP contribution in [0.1, 0.15) is 22.3 Å². The van der Waals surface area contributed by atoms with Crippen LogP contribution in [-0.4, -0.2) is 70.6 Å². The van der Waals surface area contributed by atoms with E-state index in [0.717, 1.165) is 4.47 Å². The van der Waals surface area contributed by atoms with Gasteiger partial charge in [-0.3, -0.25) is 4.79 Å². The van der Waals surface area contributed by atoms with Crippen LogP contribution in [0.2, 0.25) is 0 Å². The number of thioether (sulfide) groups is 1. The van der Waals surface area contributed by atoms with Crippen molar-refractivity contribution in [3.05, 3.63) is 69.9 Å². The number of benzene rings is 2. The summed E-state index contributed by atoms with van der Waals surface area (Å²) in [5, 5.41) is 3.33. The van der Waals surface area contributed by atoms with Gasteiger partial charge < -0.3 is 29.0 Å². The lowest BCUT2D eigenvalue weighted by Gasteiger charge is -2.49. The second kappa shape index (κ2) is 13.0. The molecule has 38 heavy (non-hydrogen) atoms. The molecule has 2 aliphatic heterocycles. The van der Waals surface area contributed by atoms with Crippen LogP contribution in [0.4, 0.5) is 4.39 Å². The van der Waals surface area contributed by atoms with Crippen molar-refractivity contribution >= 4 is 38.8 Å². The minimum absolute atomic E-state index is 0.0811. The Morgan fingerprint density at radius 1 is 1.11 bits per heavy atom. The van der Waals surface area contributed by atoms with Crippen LogP contribution >= 0.6 is 27.7 Å². The van der Waals surface area contributed by atoms with Crippen LogP contribution in [0.25, 0.3) is 0 Å². The molecule has 0 spiro atoms. The van der Waals surface area contributed by atoms with E-state index in [-0.39, 0.29) is 30.4 Å². The Kier molecular flexibility index (Phi) is 9.96. The first-order chi connectivity index (χ1) is 18.4. The van der Waals surface area contributed by atoms with E-state index in [1.54, 1.807) is 64.8 Å². The van der Waals surface area contributed by atoms with Crippen LogP contribution in [0.5, 0.6) is 0 Å². The SMILES string of the molecule is COC(OC)C(C1CC2CSC(NC(=O)c3ccccc3)=NC2(c2cc(Br)ccc2F)CO1)C(OC)OC. The average molecular weight is 612 g/mol. The van der Waals surface area contributed by atoms with E-state index in [1.807, 2.05) is 6.07 Å². The van der Waals surface area contributed by atoms with Gasteiger partial charge in [-0.2, -0.15) is 0 Å². The van der Waals surface area contributed by atoms with Crippen LogP contribution < -0.4 is 5.32 Å². The number of nitrogens with one attached hydrogen (secondary N) is 1. The van der Waals surface area contributed by atoms with Crippen molar-refractivity contribution in [1.29, 1.82) is 0 Å². The number of rotatable bonds is 9. The molecule has 1 saturated heterocycles. The van der Waals surface area contributed by atoms with E-state index in [9.17, 15) is 4.79 Å². The zero-order valence-electron chi connectivity index (χ0n) is 21.7. The molecule has 1 N–H and O–H groups in total. The zero-order valence-corrected chi connectivity index (χ0v) is 24.1. The molecule has 0 aliphatic carbocycles. The number of halogens is 2. The first-order valence-electron chi connectivity index (χ1n) is 12.1. The Morgan fingerprint density at radius 2 is 1.76 bits per heavy atom. The number of amidine groups is 1. The highest BCUT2D eigenvalue weighted by molar-refractivity contribution is 9.10. The minimum Gasteiger partial charge on any atom is -0.375 e. The van der Waals surface area contributed by atoms with Gasteiger partial charge in [0, 0.05) is 55.7 Å². The van der Waals surface area contributed by atoms with Crippen molar-refractivity contribution in [2.75, 3.05) is 40.8 Å². The number of aliphatic imine (C=N–C) groups is 1. The molecule has 3 atom stereocenters. The van der Waals surface area contributed by atoms with Crippen LogP contribution in [0.15, 0.2) is 58.0 Å². The molecule has 0 aromatic heterocycles. The summed E-state index contributed by atoms with van der Waals surface area (Å²) < 4.78 is 44.8. The lowest BCUT2D eigenvalue weighted by molar-refractivity contribution is -0.260. The quantitative estimate of drug-likeness (QED) is 0.416. The summed E-state index contributed by atoms with van der Waals surface area (Å²) >= 11 is 4.91. The van der Waals surface area contributed by atoms with E-state index >= 15 is 4.39 Å². The number of methoxy groups -OCH3 is 4. The molecule has 0 radical (unpaired) electrons. The van der Waals surface area contributed by atoms with Crippen molar-refractivity contribution in [3.63, 3.8) is 0 Å². The van der Waals surface area contributed by atoms with E-state index in [1.165, 1.54) is 17.8 Å². The summed E-state index contributed by atoms with van der Waals surface area (Å²) in [7, 11) is 6.21. The molecule has 206 valence electrons. The highest BCUT2D eigenvalue weighted by Gasteiger charge is 2.53. The number of amides is 1. The molecule has 3 unspecified atom stereocenters. The van der Waals surface area contributed by atoms with Gasteiger partial charge in [0.2, 0.25) is 0 Å². The summed E-state index contributed by atoms with van der Waals surface area (Å²) in [5.74, 6) is -0.626. The second-order valence-corrected chi connectivity index (χ2v) is 11.1. The van der Waals surface area contributed by atoms with Crippen molar-refractivity contribution < 1.29 is 32.9 Å².